The first kappa shape index (κ1) is 11.0. The number of aliphatic hydroxyl groups is 1. The van der Waals surface area contributed by atoms with E-state index in [4.69, 9.17) is 9.84 Å². The summed E-state index contributed by atoms with van der Waals surface area (Å²) in [5, 5.41) is 12.0. The molecule has 78 valence electrons. The average molecular weight is 187 g/mol. The molecule has 0 saturated carbocycles. The topological polar surface area (TPSA) is 41.5 Å². The number of rotatable bonds is 6. The monoisotopic (exact) mass is 187 g/mol. The van der Waals surface area contributed by atoms with Crippen LogP contribution in [0.2, 0.25) is 0 Å². The average Bonchev–Trinajstić information content (AvgIpc) is 2.52. The van der Waals surface area contributed by atoms with Crippen LogP contribution in [0.25, 0.3) is 0 Å². The predicted molar refractivity (Wildman–Crippen MR) is 52.7 cm³/mol. The minimum Gasteiger partial charge on any atom is -0.396 e. The van der Waals surface area contributed by atoms with Crippen LogP contribution in [-0.2, 0) is 4.74 Å². The Morgan fingerprint density at radius 2 is 2.31 bits per heavy atom. The second kappa shape index (κ2) is 6.35. The molecule has 0 aliphatic carbocycles. The zero-order chi connectivity index (χ0) is 9.52. The summed E-state index contributed by atoms with van der Waals surface area (Å²) in [4.78, 5) is 0. The van der Waals surface area contributed by atoms with Gasteiger partial charge in [-0.1, -0.05) is 0 Å². The lowest BCUT2D eigenvalue weighted by Crippen LogP contribution is -2.27. The molecular formula is C10H21NO2. The molecule has 0 aromatic carbocycles. The summed E-state index contributed by atoms with van der Waals surface area (Å²) in [7, 11) is 0. The van der Waals surface area contributed by atoms with Crippen molar-refractivity contribution in [2.45, 2.75) is 32.3 Å². The van der Waals surface area contributed by atoms with Gasteiger partial charge in [0, 0.05) is 19.8 Å². The summed E-state index contributed by atoms with van der Waals surface area (Å²) in [5.74, 6) is 0.689. The lowest BCUT2D eigenvalue weighted by molar-refractivity contribution is 0.105. The Morgan fingerprint density at radius 3 is 2.92 bits per heavy atom. The zero-order valence-corrected chi connectivity index (χ0v) is 8.46. The summed E-state index contributed by atoms with van der Waals surface area (Å²) in [6, 6.07) is 0. The molecule has 2 atom stereocenters. The van der Waals surface area contributed by atoms with Crippen molar-refractivity contribution in [3.05, 3.63) is 0 Å². The second-order valence-electron chi connectivity index (χ2n) is 3.76. The SMILES string of the molecule is CC1OCCC1CNCCCCO. The van der Waals surface area contributed by atoms with Crippen LogP contribution >= 0.6 is 0 Å². The molecule has 0 amide bonds. The van der Waals surface area contributed by atoms with Crippen LogP contribution in [-0.4, -0.2) is 37.5 Å². The first-order chi connectivity index (χ1) is 6.34. The highest BCUT2D eigenvalue weighted by Crippen LogP contribution is 2.19. The van der Waals surface area contributed by atoms with Gasteiger partial charge in [-0.25, -0.2) is 0 Å². The van der Waals surface area contributed by atoms with Gasteiger partial charge in [-0.2, -0.15) is 0 Å². The minimum atomic E-state index is 0.310. The van der Waals surface area contributed by atoms with E-state index in [9.17, 15) is 0 Å². The van der Waals surface area contributed by atoms with Crippen molar-refractivity contribution in [2.24, 2.45) is 5.92 Å². The normalized spacial score (nSPS) is 28.2. The van der Waals surface area contributed by atoms with Gasteiger partial charge in [0.05, 0.1) is 6.10 Å². The van der Waals surface area contributed by atoms with Gasteiger partial charge in [-0.05, 0) is 38.6 Å². The number of nitrogens with one attached hydrogen (secondary N) is 1. The molecule has 2 unspecified atom stereocenters. The van der Waals surface area contributed by atoms with Crippen molar-refractivity contribution in [3.8, 4) is 0 Å². The molecule has 13 heavy (non-hydrogen) atoms. The fraction of sp³-hybridized carbons (Fsp3) is 1.00. The van der Waals surface area contributed by atoms with E-state index in [1.807, 2.05) is 0 Å². The van der Waals surface area contributed by atoms with Crippen molar-refractivity contribution < 1.29 is 9.84 Å². The molecule has 3 heteroatoms. The van der Waals surface area contributed by atoms with Gasteiger partial charge >= 0.3 is 0 Å². The first-order valence-corrected chi connectivity index (χ1v) is 5.27. The van der Waals surface area contributed by atoms with E-state index in [1.165, 1.54) is 6.42 Å². The lowest BCUT2D eigenvalue weighted by Gasteiger charge is -2.14. The summed E-state index contributed by atoms with van der Waals surface area (Å²) in [6.07, 6.45) is 3.58. The molecule has 1 aliphatic heterocycles. The van der Waals surface area contributed by atoms with Crippen molar-refractivity contribution in [3.63, 3.8) is 0 Å². The van der Waals surface area contributed by atoms with Crippen LogP contribution in [0.3, 0.4) is 0 Å². The summed E-state index contributed by atoms with van der Waals surface area (Å²) in [5.41, 5.74) is 0. The molecule has 2 N–H and O–H groups in total. The van der Waals surface area contributed by atoms with Gasteiger partial charge in [0.15, 0.2) is 0 Å². The third-order valence-electron chi connectivity index (χ3n) is 2.70. The lowest BCUT2D eigenvalue weighted by atomic mass is 10.0. The fourth-order valence-electron chi connectivity index (χ4n) is 1.69. The van der Waals surface area contributed by atoms with E-state index >= 15 is 0 Å². The molecule has 1 fully saturated rings. The van der Waals surface area contributed by atoms with Gasteiger partial charge in [0.25, 0.3) is 0 Å². The van der Waals surface area contributed by atoms with Crippen LogP contribution in [0.5, 0.6) is 0 Å². The van der Waals surface area contributed by atoms with Gasteiger partial charge in [0.1, 0.15) is 0 Å². The third-order valence-corrected chi connectivity index (χ3v) is 2.70. The van der Waals surface area contributed by atoms with Crippen molar-refractivity contribution in [1.82, 2.24) is 5.32 Å². The Balaban J connectivity index is 1.93. The van der Waals surface area contributed by atoms with E-state index in [-0.39, 0.29) is 0 Å². The fourth-order valence-corrected chi connectivity index (χ4v) is 1.69. The van der Waals surface area contributed by atoms with Crippen LogP contribution in [0.1, 0.15) is 26.2 Å². The Bertz CT molecular complexity index is 130. The predicted octanol–water partition coefficient (Wildman–Crippen LogP) is 0.773. The maximum absolute atomic E-state index is 8.57. The van der Waals surface area contributed by atoms with Crippen LogP contribution in [0, 0.1) is 5.92 Å². The smallest absolute Gasteiger partial charge is 0.0588 e. The standard InChI is InChI=1S/C10H21NO2/c1-9-10(4-7-13-9)8-11-5-2-3-6-12/h9-12H,2-8H2,1H3. The molecule has 0 aromatic rings. The van der Waals surface area contributed by atoms with Gasteiger partial charge in [0.2, 0.25) is 0 Å². The minimum absolute atomic E-state index is 0.310. The molecule has 0 radical (unpaired) electrons. The largest absolute Gasteiger partial charge is 0.396 e. The first-order valence-electron chi connectivity index (χ1n) is 5.27. The summed E-state index contributed by atoms with van der Waals surface area (Å²) >= 11 is 0. The summed E-state index contributed by atoms with van der Waals surface area (Å²) < 4.78 is 5.46. The number of hydrogen-bond acceptors (Lipinski definition) is 3. The Hall–Kier alpha value is -0.120. The quantitative estimate of drug-likeness (QED) is 0.604. The number of hydrogen-bond donors (Lipinski definition) is 2. The molecule has 1 rings (SSSR count). The Morgan fingerprint density at radius 1 is 1.46 bits per heavy atom. The maximum atomic E-state index is 8.57. The molecule has 0 spiro atoms. The summed E-state index contributed by atoms with van der Waals surface area (Å²) in [6.45, 7) is 5.46. The van der Waals surface area contributed by atoms with Crippen molar-refractivity contribution in [2.75, 3.05) is 26.3 Å². The van der Waals surface area contributed by atoms with Crippen LogP contribution in [0.15, 0.2) is 0 Å². The van der Waals surface area contributed by atoms with Gasteiger partial charge in [-0.3, -0.25) is 0 Å². The van der Waals surface area contributed by atoms with E-state index < -0.39 is 0 Å². The molecule has 1 saturated heterocycles. The number of ether oxygens (including phenoxy) is 1. The second-order valence-corrected chi connectivity index (χ2v) is 3.76. The highest BCUT2D eigenvalue weighted by atomic mass is 16.5. The maximum Gasteiger partial charge on any atom is 0.0588 e. The van der Waals surface area contributed by atoms with E-state index in [0.29, 0.717) is 18.6 Å². The van der Waals surface area contributed by atoms with Gasteiger partial charge < -0.3 is 15.2 Å². The van der Waals surface area contributed by atoms with Crippen LogP contribution < -0.4 is 5.32 Å². The molecule has 1 aliphatic rings. The van der Waals surface area contributed by atoms with Crippen molar-refractivity contribution in [1.29, 1.82) is 0 Å². The van der Waals surface area contributed by atoms with E-state index in [0.717, 1.165) is 32.5 Å². The highest BCUT2D eigenvalue weighted by molar-refractivity contribution is 4.74. The van der Waals surface area contributed by atoms with Crippen molar-refractivity contribution >= 4 is 0 Å². The number of aliphatic hydroxyl groups excluding tert-OH is 1. The molecular weight excluding hydrogens is 166 g/mol. The Kier molecular flexibility index (Phi) is 5.35. The highest BCUT2D eigenvalue weighted by Gasteiger charge is 2.23. The molecule has 3 nitrogen and oxygen atoms in total. The van der Waals surface area contributed by atoms with E-state index in [1.54, 1.807) is 0 Å². The number of unbranched alkanes of at least 4 members (excludes halogenated alkanes) is 1. The molecule has 1 heterocycles. The molecule has 0 aromatic heterocycles. The van der Waals surface area contributed by atoms with Crippen LogP contribution in [0.4, 0.5) is 0 Å². The van der Waals surface area contributed by atoms with E-state index in [2.05, 4.69) is 12.2 Å². The molecule has 0 bridgehead atoms. The zero-order valence-electron chi connectivity index (χ0n) is 8.46. The Labute approximate surface area is 80.5 Å². The van der Waals surface area contributed by atoms with Gasteiger partial charge in [-0.15, -0.1) is 0 Å². The third kappa shape index (κ3) is 4.07.